The summed E-state index contributed by atoms with van der Waals surface area (Å²) >= 11 is 0. The molecule has 1 saturated heterocycles. The zero-order valence-corrected chi connectivity index (χ0v) is 10.6. The first-order valence-electron chi connectivity index (χ1n) is 6.06. The summed E-state index contributed by atoms with van der Waals surface area (Å²) in [6.07, 6.45) is 0. The van der Waals surface area contributed by atoms with Gasteiger partial charge in [0.2, 0.25) is 0 Å². The number of piperazine rings is 1. The van der Waals surface area contributed by atoms with Crippen LogP contribution in [0.5, 0.6) is 0 Å². The number of hydrogen-bond acceptors (Lipinski definition) is 5. The van der Waals surface area contributed by atoms with E-state index in [4.69, 9.17) is 5.73 Å². The summed E-state index contributed by atoms with van der Waals surface area (Å²) in [6, 6.07) is 3.98. The minimum atomic E-state index is -0.530. The highest BCUT2D eigenvalue weighted by molar-refractivity contribution is 6.00. The molecular weight excluding hydrogens is 248 g/mol. The number of nitrogens with one attached hydrogen (secondary N) is 1. The van der Waals surface area contributed by atoms with Gasteiger partial charge >= 0.3 is 0 Å². The Hall–Kier alpha value is -2.15. The van der Waals surface area contributed by atoms with Gasteiger partial charge in [0, 0.05) is 43.5 Å². The second-order valence-electron chi connectivity index (χ2n) is 4.58. The third-order valence-electron chi connectivity index (χ3n) is 3.24. The number of amides is 1. The third-order valence-corrected chi connectivity index (χ3v) is 3.24. The molecule has 1 amide bonds. The number of hydrogen-bond donors (Lipinski definition) is 2. The first kappa shape index (κ1) is 13.3. The number of nitrogen functional groups attached to an aromatic ring is 1. The number of benzene rings is 1. The van der Waals surface area contributed by atoms with E-state index >= 15 is 0 Å². The van der Waals surface area contributed by atoms with E-state index in [1.165, 1.54) is 18.2 Å². The van der Waals surface area contributed by atoms with Crippen molar-refractivity contribution in [3.05, 3.63) is 33.9 Å². The predicted molar refractivity (Wildman–Crippen MR) is 70.9 cm³/mol. The van der Waals surface area contributed by atoms with Crippen molar-refractivity contribution in [2.45, 2.75) is 13.0 Å². The van der Waals surface area contributed by atoms with Crippen molar-refractivity contribution in [2.75, 3.05) is 25.4 Å². The van der Waals surface area contributed by atoms with Crippen LogP contribution in [-0.2, 0) is 0 Å². The fourth-order valence-electron chi connectivity index (χ4n) is 2.14. The van der Waals surface area contributed by atoms with Gasteiger partial charge in [-0.05, 0) is 13.0 Å². The second-order valence-corrected chi connectivity index (χ2v) is 4.58. The Labute approximate surface area is 110 Å². The standard InChI is InChI=1S/C12H16N4O3/c1-8-7-14-4-5-15(8)12(17)10-6-9(16(18)19)2-3-11(10)13/h2-3,6,8,14H,4-5,7,13H2,1H3. The summed E-state index contributed by atoms with van der Waals surface area (Å²) in [4.78, 5) is 24.3. The molecule has 0 spiro atoms. The Morgan fingerprint density at radius 3 is 2.95 bits per heavy atom. The zero-order valence-electron chi connectivity index (χ0n) is 10.6. The molecule has 1 aromatic carbocycles. The average molecular weight is 264 g/mol. The van der Waals surface area contributed by atoms with Gasteiger partial charge in [0.15, 0.2) is 0 Å². The zero-order chi connectivity index (χ0) is 14.0. The number of rotatable bonds is 2. The van der Waals surface area contributed by atoms with Gasteiger partial charge in [-0.1, -0.05) is 0 Å². The SMILES string of the molecule is CC1CNCCN1C(=O)c1cc([N+](=O)[O-])ccc1N. The molecule has 0 radical (unpaired) electrons. The largest absolute Gasteiger partial charge is 0.398 e. The maximum atomic E-state index is 12.4. The quantitative estimate of drug-likeness (QED) is 0.463. The molecule has 0 aliphatic carbocycles. The van der Waals surface area contributed by atoms with E-state index in [0.717, 1.165) is 0 Å². The highest BCUT2D eigenvalue weighted by Gasteiger charge is 2.26. The number of non-ortho nitro benzene ring substituents is 1. The number of nitro benzene ring substituents is 1. The molecule has 19 heavy (non-hydrogen) atoms. The monoisotopic (exact) mass is 264 g/mol. The molecular formula is C12H16N4O3. The number of carbonyl (C=O) groups excluding carboxylic acids is 1. The van der Waals surface area contributed by atoms with E-state index in [1.54, 1.807) is 4.90 Å². The maximum absolute atomic E-state index is 12.4. The van der Waals surface area contributed by atoms with E-state index in [9.17, 15) is 14.9 Å². The lowest BCUT2D eigenvalue weighted by molar-refractivity contribution is -0.384. The van der Waals surface area contributed by atoms with Crippen molar-refractivity contribution in [3.8, 4) is 0 Å². The van der Waals surface area contributed by atoms with Crippen molar-refractivity contribution in [1.29, 1.82) is 0 Å². The molecule has 3 N–H and O–H groups in total. The van der Waals surface area contributed by atoms with Crippen LogP contribution in [0.1, 0.15) is 17.3 Å². The molecule has 1 heterocycles. The van der Waals surface area contributed by atoms with E-state index in [-0.39, 0.29) is 28.9 Å². The number of carbonyl (C=O) groups is 1. The van der Waals surface area contributed by atoms with Crippen molar-refractivity contribution < 1.29 is 9.72 Å². The molecule has 7 heteroatoms. The van der Waals surface area contributed by atoms with Crippen LogP contribution in [-0.4, -0.2) is 41.4 Å². The molecule has 102 valence electrons. The summed E-state index contributed by atoms with van der Waals surface area (Å²) in [7, 11) is 0. The maximum Gasteiger partial charge on any atom is 0.270 e. The molecule has 1 aromatic rings. The smallest absolute Gasteiger partial charge is 0.270 e. The summed E-state index contributed by atoms with van der Waals surface area (Å²) in [5, 5.41) is 13.9. The van der Waals surface area contributed by atoms with Gasteiger partial charge in [-0.15, -0.1) is 0 Å². The van der Waals surface area contributed by atoms with Gasteiger partial charge in [0.25, 0.3) is 11.6 Å². The third kappa shape index (κ3) is 2.65. The summed E-state index contributed by atoms with van der Waals surface area (Å²) in [5.41, 5.74) is 6.09. The van der Waals surface area contributed by atoms with Crippen molar-refractivity contribution >= 4 is 17.3 Å². The summed E-state index contributed by atoms with van der Waals surface area (Å²) in [6.45, 7) is 3.92. The molecule has 1 atom stereocenters. The highest BCUT2D eigenvalue weighted by atomic mass is 16.6. The number of nitro groups is 1. The van der Waals surface area contributed by atoms with Gasteiger partial charge in [-0.2, -0.15) is 0 Å². The molecule has 1 aliphatic rings. The molecule has 0 saturated carbocycles. The Kier molecular flexibility index (Phi) is 3.66. The van der Waals surface area contributed by atoms with Crippen LogP contribution >= 0.6 is 0 Å². The van der Waals surface area contributed by atoms with Gasteiger partial charge in [0.05, 0.1) is 10.5 Å². The second kappa shape index (κ2) is 5.23. The number of nitrogens with zero attached hydrogens (tertiary/aromatic N) is 2. The van der Waals surface area contributed by atoms with E-state index < -0.39 is 4.92 Å². The van der Waals surface area contributed by atoms with Crippen LogP contribution < -0.4 is 11.1 Å². The van der Waals surface area contributed by atoms with E-state index in [1.807, 2.05) is 6.92 Å². The lowest BCUT2D eigenvalue weighted by Crippen LogP contribution is -2.52. The Morgan fingerprint density at radius 1 is 1.58 bits per heavy atom. The topological polar surface area (TPSA) is 102 Å². The van der Waals surface area contributed by atoms with Crippen LogP contribution in [0.4, 0.5) is 11.4 Å². The highest BCUT2D eigenvalue weighted by Crippen LogP contribution is 2.22. The first-order valence-corrected chi connectivity index (χ1v) is 6.06. The molecule has 1 unspecified atom stereocenters. The van der Waals surface area contributed by atoms with Crippen LogP contribution in [0, 0.1) is 10.1 Å². The summed E-state index contributed by atoms with van der Waals surface area (Å²) < 4.78 is 0. The van der Waals surface area contributed by atoms with Crippen LogP contribution in [0.25, 0.3) is 0 Å². The Bertz CT molecular complexity index is 518. The fraction of sp³-hybridized carbons (Fsp3) is 0.417. The number of anilines is 1. The van der Waals surface area contributed by atoms with Gasteiger partial charge in [-0.3, -0.25) is 14.9 Å². The van der Waals surface area contributed by atoms with E-state index in [0.29, 0.717) is 19.6 Å². The average Bonchev–Trinajstić information content (AvgIpc) is 2.38. The lowest BCUT2D eigenvalue weighted by atomic mass is 10.1. The van der Waals surface area contributed by atoms with Gasteiger partial charge in [-0.25, -0.2) is 0 Å². The first-order chi connectivity index (χ1) is 9.00. The lowest BCUT2D eigenvalue weighted by Gasteiger charge is -2.34. The predicted octanol–water partition coefficient (Wildman–Crippen LogP) is 0.611. The minimum absolute atomic E-state index is 0.0416. The number of nitrogens with two attached hydrogens (primary N) is 1. The normalized spacial score (nSPS) is 19.2. The Morgan fingerprint density at radius 2 is 2.32 bits per heavy atom. The molecule has 1 aliphatic heterocycles. The van der Waals surface area contributed by atoms with Crippen LogP contribution in [0.3, 0.4) is 0 Å². The van der Waals surface area contributed by atoms with Gasteiger partial charge in [0.1, 0.15) is 0 Å². The molecule has 7 nitrogen and oxygen atoms in total. The fourth-order valence-corrected chi connectivity index (χ4v) is 2.14. The van der Waals surface area contributed by atoms with Crippen LogP contribution in [0.2, 0.25) is 0 Å². The van der Waals surface area contributed by atoms with Crippen molar-refractivity contribution in [1.82, 2.24) is 10.2 Å². The van der Waals surface area contributed by atoms with Crippen LogP contribution in [0.15, 0.2) is 18.2 Å². The minimum Gasteiger partial charge on any atom is -0.398 e. The molecule has 0 aromatic heterocycles. The molecule has 2 rings (SSSR count). The molecule has 0 bridgehead atoms. The van der Waals surface area contributed by atoms with Gasteiger partial charge < -0.3 is 16.0 Å². The van der Waals surface area contributed by atoms with Crippen molar-refractivity contribution in [3.63, 3.8) is 0 Å². The summed E-state index contributed by atoms with van der Waals surface area (Å²) in [5.74, 6) is -0.254. The van der Waals surface area contributed by atoms with E-state index in [2.05, 4.69) is 5.32 Å². The van der Waals surface area contributed by atoms with Crippen molar-refractivity contribution in [2.24, 2.45) is 0 Å². The molecule has 1 fully saturated rings. The Balaban J connectivity index is 2.32.